The van der Waals surface area contributed by atoms with Crippen molar-refractivity contribution in [2.24, 2.45) is 5.41 Å². The fourth-order valence-corrected chi connectivity index (χ4v) is 2.00. The molecule has 0 amide bonds. The Hall–Kier alpha value is -1.32. The third-order valence-corrected chi connectivity index (χ3v) is 3.38. The van der Waals surface area contributed by atoms with Crippen LogP contribution in [0, 0.1) is 17.0 Å². The summed E-state index contributed by atoms with van der Waals surface area (Å²) < 4.78 is 26.4. The molecule has 2 nitrogen and oxygen atoms in total. The maximum atomic E-state index is 13.4. The Labute approximate surface area is 93.8 Å². The first kappa shape index (κ1) is 11.2. The average Bonchev–Trinajstić information content (AvgIpc) is 2.21. The highest BCUT2D eigenvalue weighted by molar-refractivity contribution is 5.66. The Bertz CT molecular complexity index is 400. The minimum atomic E-state index is -0.886. The summed E-state index contributed by atoms with van der Waals surface area (Å²) in [5, 5.41) is 2.92. The van der Waals surface area contributed by atoms with Crippen LogP contribution in [0.5, 0.6) is 0 Å². The van der Waals surface area contributed by atoms with E-state index in [1.807, 2.05) is 0 Å². The number of nitrogen functional groups attached to an aromatic ring is 1. The molecular weight excluding hydrogens is 210 g/mol. The second kappa shape index (κ2) is 3.92. The van der Waals surface area contributed by atoms with Gasteiger partial charge in [0, 0.05) is 6.54 Å². The van der Waals surface area contributed by atoms with Gasteiger partial charge in [0.1, 0.15) is 0 Å². The Balaban J connectivity index is 2.11. The molecule has 0 atom stereocenters. The summed E-state index contributed by atoms with van der Waals surface area (Å²) in [5.74, 6) is -1.75. The summed E-state index contributed by atoms with van der Waals surface area (Å²) in [6.45, 7) is 2.77. The number of nitrogens with one attached hydrogen (secondary N) is 1. The molecule has 1 aliphatic carbocycles. The number of benzene rings is 1. The lowest BCUT2D eigenvalue weighted by Gasteiger charge is -2.38. The van der Waals surface area contributed by atoms with Gasteiger partial charge in [0.15, 0.2) is 11.6 Å². The van der Waals surface area contributed by atoms with Crippen LogP contribution < -0.4 is 11.1 Å². The van der Waals surface area contributed by atoms with Crippen molar-refractivity contribution < 1.29 is 8.78 Å². The van der Waals surface area contributed by atoms with Gasteiger partial charge in [-0.2, -0.15) is 0 Å². The van der Waals surface area contributed by atoms with Crippen molar-refractivity contribution in [2.45, 2.75) is 26.2 Å². The van der Waals surface area contributed by atoms with E-state index in [0.717, 1.165) is 18.9 Å². The first-order chi connectivity index (χ1) is 7.52. The molecule has 88 valence electrons. The molecule has 0 unspecified atom stereocenters. The first-order valence-corrected chi connectivity index (χ1v) is 5.49. The molecule has 0 aromatic heterocycles. The van der Waals surface area contributed by atoms with Crippen molar-refractivity contribution in [3.8, 4) is 0 Å². The molecule has 2 rings (SSSR count). The van der Waals surface area contributed by atoms with E-state index in [1.54, 1.807) is 0 Å². The van der Waals surface area contributed by atoms with Crippen LogP contribution >= 0.6 is 0 Å². The minimum absolute atomic E-state index is 0.0909. The Morgan fingerprint density at radius 2 is 2.06 bits per heavy atom. The molecule has 0 bridgehead atoms. The standard InChI is InChI=1S/C12H16F2N2/c1-12(5-2-6-12)7-16-11-9(15)4-3-8(13)10(11)14/h3-4,16H,2,5-7,15H2,1H3. The second-order valence-corrected chi connectivity index (χ2v) is 4.84. The zero-order valence-corrected chi connectivity index (χ0v) is 9.32. The molecule has 0 spiro atoms. The van der Waals surface area contributed by atoms with E-state index in [0.29, 0.717) is 6.54 Å². The van der Waals surface area contributed by atoms with E-state index < -0.39 is 11.6 Å². The molecule has 16 heavy (non-hydrogen) atoms. The van der Waals surface area contributed by atoms with E-state index in [-0.39, 0.29) is 16.8 Å². The highest BCUT2D eigenvalue weighted by Crippen LogP contribution is 2.40. The summed E-state index contributed by atoms with van der Waals surface area (Å²) in [4.78, 5) is 0. The van der Waals surface area contributed by atoms with Crippen LogP contribution in [0.1, 0.15) is 26.2 Å². The molecule has 0 saturated heterocycles. The van der Waals surface area contributed by atoms with Crippen LogP contribution in [0.4, 0.5) is 20.2 Å². The number of halogens is 2. The number of hydrogen-bond donors (Lipinski definition) is 2. The molecule has 1 aliphatic rings. The molecular formula is C12H16F2N2. The normalized spacial score (nSPS) is 17.9. The zero-order valence-electron chi connectivity index (χ0n) is 9.32. The molecule has 0 radical (unpaired) electrons. The molecule has 1 aromatic rings. The molecule has 1 fully saturated rings. The Morgan fingerprint density at radius 1 is 1.38 bits per heavy atom. The highest BCUT2D eigenvalue weighted by atomic mass is 19.2. The van der Waals surface area contributed by atoms with Crippen molar-refractivity contribution >= 4 is 11.4 Å². The van der Waals surface area contributed by atoms with Crippen molar-refractivity contribution in [2.75, 3.05) is 17.6 Å². The summed E-state index contributed by atoms with van der Waals surface area (Å²) in [6.07, 6.45) is 3.45. The van der Waals surface area contributed by atoms with Gasteiger partial charge in [0.25, 0.3) is 0 Å². The van der Waals surface area contributed by atoms with Gasteiger partial charge in [-0.15, -0.1) is 0 Å². The SMILES string of the molecule is CC1(CNc2c(N)ccc(F)c2F)CCC1. The third-order valence-electron chi connectivity index (χ3n) is 3.38. The topological polar surface area (TPSA) is 38.0 Å². The van der Waals surface area contributed by atoms with Crippen LogP contribution in [0.15, 0.2) is 12.1 Å². The van der Waals surface area contributed by atoms with E-state index in [9.17, 15) is 8.78 Å². The van der Waals surface area contributed by atoms with Crippen LogP contribution in [-0.4, -0.2) is 6.54 Å². The van der Waals surface area contributed by atoms with Crippen LogP contribution in [-0.2, 0) is 0 Å². The fourth-order valence-electron chi connectivity index (χ4n) is 2.00. The van der Waals surface area contributed by atoms with E-state index >= 15 is 0 Å². The number of rotatable bonds is 3. The fraction of sp³-hybridized carbons (Fsp3) is 0.500. The summed E-state index contributed by atoms with van der Waals surface area (Å²) in [5.41, 5.74) is 6.15. The molecule has 0 heterocycles. The largest absolute Gasteiger partial charge is 0.397 e. The smallest absolute Gasteiger partial charge is 0.183 e. The van der Waals surface area contributed by atoms with E-state index in [2.05, 4.69) is 12.2 Å². The van der Waals surface area contributed by atoms with Gasteiger partial charge in [-0.25, -0.2) is 8.78 Å². The number of anilines is 2. The van der Waals surface area contributed by atoms with Crippen LogP contribution in [0.2, 0.25) is 0 Å². The molecule has 1 saturated carbocycles. The number of hydrogen-bond acceptors (Lipinski definition) is 2. The third kappa shape index (κ3) is 1.96. The zero-order chi connectivity index (χ0) is 11.8. The van der Waals surface area contributed by atoms with Gasteiger partial charge >= 0.3 is 0 Å². The molecule has 4 heteroatoms. The average molecular weight is 226 g/mol. The van der Waals surface area contributed by atoms with Gasteiger partial charge in [-0.05, 0) is 30.4 Å². The van der Waals surface area contributed by atoms with Crippen molar-refractivity contribution in [1.29, 1.82) is 0 Å². The predicted molar refractivity (Wildman–Crippen MR) is 61.2 cm³/mol. The van der Waals surface area contributed by atoms with Gasteiger partial charge in [-0.1, -0.05) is 13.3 Å². The second-order valence-electron chi connectivity index (χ2n) is 4.84. The van der Waals surface area contributed by atoms with Crippen LogP contribution in [0.3, 0.4) is 0 Å². The predicted octanol–water partition coefficient (Wildman–Crippen LogP) is 3.15. The van der Waals surface area contributed by atoms with E-state index in [1.165, 1.54) is 12.5 Å². The minimum Gasteiger partial charge on any atom is -0.397 e. The van der Waals surface area contributed by atoms with Crippen molar-refractivity contribution in [1.82, 2.24) is 0 Å². The number of nitrogens with two attached hydrogens (primary N) is 1. The molecule has 0 aliphatic heterocycles. The summed E-state index contributed by atoms with van der Waals surface area (Å²) >= 11 is 0. The van der Waals surface area contributed by atoms with Crippen molar-refractivity contribution in [3.05, 3.63) is 23.8 Å². The maximum absolute atomic E-state index is 13.4. The van der Waals surface area contributed by atoms with Gasteiger partial charge < -0.3 is 11.1 Å². The van der Waals surface area contributed by atoms with Gasteiger partial charge in [-0.3, -0.25) is 0 Å². The van der Waals surface area contributed by atoms with Crippen LogP contribution in [0.25, 0.3) is 0 Å². The molecule has 3 N–H and O–H groups in total. The molecule has 1 aromatic carbocycles. The van der Waals surface area contributed by atoms with Gasteiger partial charge in [0.2, 0.25) is 0 Å². The quantitative estimate of drug-likeness (QED) is 0.777. The Kier molecular flexibility index (Phi) is 2.74. The first-order valence-electron chi connectivity index (χ1n) is 5.49. The summed E-state index contributed by atoms with van der Waals surface area (Å²) in [6, 6.07) is 2.42. The van der Waals surface area contributed by atoms with Gasteiger partial charge in [0.05, 0.1) is 11.4 Å². The lowest BCUT2D eigenvalue weighted by Crippen LogP contribution is -2.33. The van der Waals surface area contributed by atoms with E-state index in [4.69, 9.17) is 5.73 Å². The van der Waals surface area contributed by atoms with Crippen molar-refractivity contribution in [3.63, 3.8) is 0 Å². The highest BCUT2D eigenvalue weighted by Gasteiger charge is 2.31. The summed E-state index contributed by atoms with van der Waals surface area (Å²) in [7, 11) is 0. The lowest BCUT2D eigenvalue weighted by atomic mass is 9.70. The maximum Gasteiger partial charge on any atom is 0.183 e. The monoisotopic (exact) mass is 226 g/mol. The Morgan fingerprint density at radius 3 is 2.62 bits per heavy atom. The lowest BCUT2D eigenvalue weighted by molar-refractivity contribution is 0.180.